The van der Waals surface area contributed by atoms with Crippen LogP contribution in [0.15, 0.2) is 71.6 Å². The molecule has 5 nitrogen and oxygen atoms in total. The number of halogens is 1. The van der Waals surface area contributed by atoms with E-state index < -0.39 is 10.0 Å². The van der Waals surface area contributed by atoms with Crippen LogP contribution in [0.4, 0.5) is 5.69 Å². The van der Waals surface area contributed by atoms with E-state index in [-0.39, 0.29) is 21.4 Å². The number of aryl methyl sites for hydroxylation is 3. The molecule has 0 aliphatic carbocycles. The van der Waals surface area contributed by atoms with Gasteiger partial charge < -0.3 is 5.32 Å². The highest BCUT2D eigenvalue weighted by atomic mass is 35.5. The molecule has 0 unspecified atom stereocenters. The number of nitrogens with one attached hydrogen (secondary N) is 2. The molecule has 0 saturated carbocycles. The number of hydrogen-bond donors (Lipinski definition) is 2. The zero-order valence-electron chi connectivity index (χ0n) is 17.5. The van der Waals surface area contributed by atoms with Crippen molar-refractivity contribution in [3.8, 4) is 0 Å². The number of benzene rings is 3. The highest BCUT2D eigenvalue weighted by molar-refractivity contribution is 7.92. The summed E-state index contributed by atoms with van der Waals surface area (Å²) in [4.78, 5) is 12.4. The Balaban J connectivity index is 1.66. The van der Waals surface area contributed by atoms with Gasteiger partial charge in [0.25, 0.3) is 15.9 Å². The van der Waals surface area contributed by atoms with Crippen LogP contribution in [0.1, 0.15) is 33.5 Å². The summed E-state index contributed by atoms with van der Waals surface area (Å²) in [5.74, 6) is -0.340. The molecule has 0 aromatic heterocycles. The maximum atomic E-state index is 12.9. The van der Waals surface area contributed by atoms with E-state index in [1.54, 1.807) is 25.1 Å². The molecule has 7 heteroatoms. The lowest BCUT2D eigenvalue weighted by atomic mass is 10.1. The Kier molecular flexibility index (Phi) is 7.36. The molecule has 1 amide bonds. The van der Waals surface area contributed by atoms with Crippen LogP contribution in [0.3, 0.4) is 0 Å². The predicted molar refractivity (Wildman–Crippen MR) is 125 cm³/mol. The Labute approximate surface area is 188 Å². The van der Waals surface area contributed by atoms with Gasteiger partial charge in [0.1, 0.15) is 4.90 Å². The first-order valence-corrected chi connectivity index (χ1v) is 11.8. The highest BCUT2D eigenvalue weighted by Gasteiger charge is 2.21. The number of carbonyl (C=O) groups excluding carboxylic acids is 1. The molecule has 3 aromatic rings. The summed E-state index contributed by atoms with van der Waals surface area (Å²) in [7, 11) is -3.95. The van der Waals surface area contributed by atoms with Crippen molar-refractivity contribution in [3.63, 3.8) is 0 Å². The van der Waals surface area contributed by atoms with E-state index in [4.69, 9.17) is 11.6 Å². The number of rotatable bonds is 8. The molecule has 0 fully saturated rings. The minimum absolute atomic E-state index is 0.0529. The fourth-order valence-electron chi connectivity index (χ4n) is 3.20. The Morgan fingerprint density at radius 2 is 1.74 bits per heavy atom. The third-order valence-corrected chi connectivity index (χ3v) is 6.73. The van der Waals surface area contributed by atoms with E-state index in [1.807, 2.05) is 25.1 Å². The quantitative estimate of drug-likeness (QED) is 0.462. The summed E-state index contributed by atoms with van der Waals surface area (Å²) >= 11 is 6.15. The monoisotopic (exact) mass is 456 g/mol. The van der Waals surface area contributed by atoms with Crippen molar-refractivity contribution in [2.75, 3.05) is 11.3 Å². The van der Waals surface area contributed by atoms with E-state index in [9.17, 15) is 13.2 Å². The van der Waals surface area contributed by atoms with Crippen LogP contribution in [-0.2, 0) is 16.4 Å². The number of amides is 1. The van der Waals surface area contributed by atoms with Gasteiger partial charge >= 0.3 is 0 Å². The van der Waals surface area contributed by atoms with Crippen molar-refractivity contribution in [1.82, 2.24) is 5.32 Å². The first-order chi connectivity index (χ1) is 14.8. The fraction of sp³-hybridized carbons (Fsp3) is 0.208. The first-order valence-electron chi connectivity index (χ1n) is 9.98. The Hall–Kier alpha value is -2.83. The van der Waals surface area contributed by atoms with Gasteiger partial charge in [-0.3, -0.25) is 9.52 Å². The summed E-state index contributed by atoms with van der Waals surface area (Å²) in [5.41, 5.74) is 3.91. The average molecular weight is 457 g/mol. The van der Waals surface area contributed by atoms with Crippen molar-refractivity contribution in [3.05, 3.63) is 94.0 Å². The average Bonchev–Trinajstić information content (AvgIpc) is 2.73. The molecule has 2 N–H and O–H groups in total. The van der Waals surface area contributed by atoms with Crippen molar-refractivity contribution >= 4 is 33.2 Å². The van der Waals surface area contributed by atoms with Gasteiger partial charge in [-0.05, 0) is 62.1 Å². The molecule has 3 aromatic carbocycles. The second-order valence-corrected chi connectivity index (χ2v) is 9.47. The zero-order valence-corrected chi connectivity index (χ0v) is 19.1. The second kappa shape index (κ2) is 9.98. The lowest BCUT2D eigenvalue weighted by Crippen LogP contribution is -2.25. The predicted octanol–water partition coefficient (Wildman–Crippen LogP) is 5.12. The summed E-state index contributed by atoms with van der Waals surface area (Å²) in [6.07, 6.45) is 1.63. The molecule has 0 bridgehead atoms. The second-order valence-electron chi connectivity index (χ2n) is 7.41. The van der Waals surface area contributed by atoms with Crippen LogP contribution >= 0.6 is 11.6 Å². The summed E-state index contributed by atoms with van der Waals surface area (Å²) in [6.45, 7) is 4.34. The van der Waals surface area contributed by atoms with Gasteiger partial charge in [-0.15, -0.1) is 0 Å². The Morgan fingerprint density at radius 1 is 0.968 bits per heavy atom. The molecule has 0 spiro atoms. The van der Waals surface area contributed by atoms with Gasteiger partial charge in [-0.1, -0.05) is 59.6 Å². The maximum absolute atomic E-state index is 12.9. The smallest absolute Gasteiger partial charge is 0.263 e. The highest BCUT2D eigenvalue weighted by Crippen LogP contribution is 2.26. The largest absolute Gasteiger partial charge is 0.352 e. The molecular formula is C24H25ClN2O3S. The van der Waals surface area contributed by atoms with Gasteiger partial charge in [0.2, 0.25) is 0 Å². The third kappa shape index (κ3) is 6.09. The van der Waals surface area contributed by atoms with Crippen LogP contribution in [0.25, 0.3) is 0 Å². The van der Waals surface area contributed by atoms with E-state index in [0.717, 1.165) is 18.4 Å². The fourth-order valence-corrected chi connectivity index (χ4v) is 4.86. The van der Waals surface area contributed by atoms with Gasteiger partial charge in [0.05, 0.1) is 10.7 Å². The van der Waals surface area contributed by atoms with Gasteiger partial charge in [0.15, 0.2) is 0 Å². The molecule has 31 heavy (non-hydrogen) atoms. The summed E-state index contributed by atoms with van der Waals surface area (Å²) < 4.78 is 28.3. The normalized spacial score (nSPS) is 11.2. The van der Waals surface area contributed by atoms with Crippen molar-refractivity contribution in [2.24, 2.45) is 0 Å². The zero-order chi connectivity index (χ0) is 22.4. The molecule has 0 aliphatic heterocycles. The molecule has 162 valence electrons. The van der Waals surface area contributed by atoms with Crippen molar-refractivity contribution in [2.45, 2.75) is 31.6 Å². The topological polar surface area (TPSA) is 75.3 Å². The van der Waals surface area contributed by atoms with Crippen molar-refractivity contribution < 1.29 is 13.2 Å². The molecule has 0 saturated heterocycles. The van der Waals surface area contributed by atoms with E-state index >= 15 is 0 Å². The van der Waals surface area contributed by atoms with Gasteiger partial charge in [-0.25, -0.2) is 8.42 Å². The number of sulfonamides is 1. The number of hydrogen-bond acceptors (Lipinski definition) is 3. The van der Waals surface area contributed by atoms with Gasteiger partial charge in [-0.2, -0.15) is 0 Å². The van der Waals surface area contributed by atoms with E-state index in [2.05, 4.69) is 22.2 Å². The molecule has 0 heterocycles. The van der Waals surface area contributed by atoms with Gasteiger partial charge in [0, 0.05) is 12.1 Å². The van der Waals surface area contributed by atoms with Crippen molar-refractivity contribution in [1.29, 1.82) is 0 Å². The molecule has 0 radical (unpaired) electrons. The van der Waals surface area contributed by atoms with Crippen LogP contribution in [0.2, 0.25) is 5.02 Å². The molecule has 3 rings (SSSR count). The lowest BCUT2D eigenvalue weighted by molar-refractivity contribution is 0.0953. The maximum Gasteiger partial charge on any atom is 0.263 e. The third-order valence-electron chi connectivity index (χ3n) is 4.88. The first kappa shape index (κ1) is 22.8. The number of carbonyl (C=O) groups is 1. The van der Waals surface area contributed by atoms with Crippen LogP contribution in [0, 0.1) is 13.8 Å². The summed E-state index contributed by atoms with van der Waals surface area (Å²) in [6, 6.07) is 19.5. The number of anilines is 1. The molecule has 0 atom stereocenters. The van der Waals surface area contributed by atoms with Crippen LogP contribution in [0.5, 0.6) is 0 Å². The Bertz CT molecular complexity index is 1190. The Morgan fingerprint density at radius 3 is 2.48 bits per heavy atom. The number of para-hydroxylation sites is 1. The molecular weight excluding hydrogens is 432 g/mol. The minimum Gasteiger partial charge on any atom is -0.352 e. The SMILES string of the molecule is Cc1cccc(CCCNC(=O)c2ccc(Cl)c(S(=O)(=O)Nc3ccccc3C)c2)c1. The van der Waals surface area contributed by atoms with Crippen LogP contribution < -0.4 is 10.0 Å². The van der Waals surface area contributed by atoms with E-state index in [0.29, 0.717) is 12.2 Å². The van der Waals surface area contributed by atoms with Crippen LogP contribution in [-0.4, -0.2) is 20.9 Å². The molecule has 0 aliphatic rings. The summed E-state index contributed by atoms with van der Waals surface area (Å²) in [5, 5.41) is 2.90. The lowest BCUT2D eigenvalue weighted by Gasteiger charge is -2.13. The standard InChI is InChI=1S/C24H25ClN2O3S/c1-17-7-5-9-19(15-17)10-6-14-26-24(28)20-12-13-21(25)23(16-20)31(29,30)27-22-11-4-3-8-18(22)2/h3-5,7-9,11-13,15-16,27H,6,10,14H2,1-2H3,(H,26,28). The minimum atomic E-state index is -3.95. The van der Waals surface area contributed by atoms with E-state index in [1.165, 1.54) is 29.3 Å².